The van der Waals surface area contributed by atoms with Crippen molar-refractivity contribution in [3.8, 4) is 0 Å². The molecule has 6 heterocycles. The molecule has 1 amide bonds. The van der Waals surface area contributed by atoms with Crippen molar-refractivity contribution in [2.75, 3.05) is 29.9 Å². The van der Waals surface area contributed by atoms with Crippen LogP contribution in [0.5, 0.6) is 0 Å². The average Bonchev–Trinajstić information content (AvgIpc) is 3.61. The molecular formula is C24H28N8O. The minimum atomic E-state index is -0.0718. The predicted molar refractivity (Wildman–Crippen MR) is 126 cm³/mol. The third-order valence-corrected chi connectivity index (χ3v) is 8.30. The molecule has 170 valence electrons. The van der Waals surface area contributed by atoms with Crippen LogP contribution in [0.1, 0.15) is 43.1 Å². The Morgan fingerprint density at radius 3 is 2.79 bits per heavy atom. The van der Waals surface area contributed by atoms with Gasteiger partial charge in [-0.2, -0.15) is 4.98 Å². The van der Waals surface area contributed by atoms with Gasteiger partial charge in [0.15, 0.2) is 0 Å². The Kier molecular flexibility index (Phi) is 4.03. The van der Waals surface area contributed by atoms with Crippen LogP contribution in [0.15, 0.2) is 30.6 Å². The Morgan fingerprint density at radius 1 is 1.18 bits per heavy atom. The van der Waals surface area contributed by atoms with Crippen molar-refractivity contribution < 1.29 is 4.79 Å². The number of fused-ring (bicyclic) bond motifs is 6. The normalized spacial score (nSPS) is 27.4. The van der Waals surface area contributed by atoms with E-state index in [0.717, 1.165) is 42.7 Å². The van der Waals surface area contributed by atoms with Gasteiger partial charge in [0.05, 0.1) is 17.4 Å². The molecule has 7 rings (SSSR count). The van der Waals surface area contributed by atoms with Gasteiger partial charge in [-0.3, -0.25) is 4.79 Å². The molecule has 3 fully saturated rings. The lowest BCUT2D eigenvalue weighted by molar-refractivity contribution is 0.0876. The summed E-state index contributed by atoms with van der Waals surface area (Å²) in [6.45, 7) is 5.08. The van der Waals surface area contributed by atoms with Crippen LogP contribution < -0.4 is 20.9 Å². The smallest absolute Gasteiger partial charge is 0.268 e. The van der Waals surface area contributed by atoms with Crippen LogP contribution in [-0.4, -0.2) is 57.1 Å². The van der Waals surface area contributed by atoms with Crippen LogP contribution in [0.25, 0.3) is 11.0 Å². The van der Waals surface area contributed by atoms with E-state index in [-0.39, 0.29) is 11.4 Å². The molecule has 33 heavy (non-hydrogen) atoms. The minimum absolute atomic E-state index is 0.0302. The van der Waals surface area contributed by atoms with Gasteiger partial charge < -0.3 is 25.4 Å². The first-order valence-electron chi connectivity index (χ1n) is 12.0. The van der Waals surface area contributed by atoms with E-state index in [1.54, 1.807) is 6.20 Å². The molecule has 2 bridgehead atoms. The number of hydrogen-bond donors (Lipinski definition) is 3. The molecule has 3 aliphatic heterocycles. The van der Waals surface area contributed by atoms with Gasteiger partial charge in [-0.1, -0.05) is 19.8 Å². The van der Waals surface area contributed by atoms with E-state index in [9.17, 15) is 4.79 Å². The molecule has 9 nitrogen and oxygen atoms in total. The molecule has 3 aromatic heterocycles. The third-order valence-electron chi connectivity index (χ3n) is 8.30. The first kappa shape index (κ1) is 19.3. The number of pyridine rings is 1. The van der Waals surface area contributed by atoms with Crippen LogP contribution in [0.3, 0.4) is 0 Å². The Bertz CT molecular complexity index is 1250. The van der Waals surface area contributed by atoms with Crippen molar-refractivity contribution in [2.45, 2.75) is 50.2 Å². The van der Waals surface area contributed by atoms with Crippen molar-refractivity contribution in [2.24, 2.45) is 5.92 Å². The minimum Gasteiger partial charge on any atom is -0.364 e. The Labute approximate surface area is 192 Å². The van der Waals surface area contributed by atoms with Gasteiger partial charge in [0.2, 0.25) is 5.95 Å². The fourth-order valence-electron chi connectivity index (χ4n) is 6.47. The van der Waals surface area contributed by atoms with Crippen molar-refractivity contribution >= 4 is 34.4 Å². The number of carbonyl (C=O) groups excluding carboxylic acids is 1. The lowest BCUT2D eigenvalue weighted by atomic mass is 9.94. The fourth-order valence-corrected chi connectivity index (χ4v) is 6.47. The second-order valence-corrected chi connectivity index (χ2v) is 10.1. The molecule has 3 atom stereocenters. The van der Waals surface area contributed by atoms with Crippen molar-refractivity contribution in [1.82, 2.24) is 30.2 Å². The number of carbonyl (C=O) groups is 1. The largest absolute Gasteiger partial charge is 0.364 e. The molecule has 1 aliphatic carbocycles. The molecule has 9 heteroatoms. The monoisotopic (exact) mass is 444 g/mol. The van der Waals surface area contributed by atoms with Crippen LogP contribution >= 0.6 is 0 Å². The zero-order valence-corrected chi connectivity index (χ0v) is 18.7. The molecule has 3 N–H and O–H groups in total. The summed E-state index contributed by atoms with van der Waals surface area (Å²) in [5.74, 6) is 1.85. The van der Waals surface area contributed by atoms with E-state index in [0.29, 0.717) is 42.0 Å². The van der Waals surface area contributed by atoms with E-state index < -0.39 is 0 Å². The maximum absolute atomic E-state index is 12.6. The van der Waals surface area contributed by atoms with Gasteiger partial charge >= 0.3 is 0 Å². The average molecular weight is 445 g/mol. The number of nitrogens with one attached hydrogen (secondary N) is 3. The molecule has 1 saturated carbocycles. The van der Waals surface area contributed by atoms with E-state index in [4.69, 9.17) is 4.98 Å². The summed E-state index contributed by atoms with van der Waals surface area (Å²) < 4.78 is 2.18. The molecule has 1 spiro atoms. The number of piperazine rings is 1. The first-order valence-corrected chi connectivity index (χ1v) is 12.0. The number of anilines is 3. The van der Waals surface area contributed by atoms with Crippen LogP contribution in [0, 0.1) is 5.92 Å². The number of rotatable bonds is 3. The SMILES string of the molecule is CC1C2CN(c3ccc(Nc4ncc5cc6n(c5n4)C4(CCCC4)CNC6=O)nc3)C1CN2. The zero-order chi connectivity index (χ0) is 22.2. The van der Waals surface area contributed by atoms with Gasteiger partial charge in [0, 0.05) is 43.3 Å². The first-order chi connectivity index (χ1) is 16.1. The second-order valence-electron chi connectivity index (χ2n) is 10.1. The van der Waals surface area contributed by atoms with E-state index in [2.05, 4.69) is 48.4 Å². The van der Waals surface area contributed by atoms with Crippen LogP contribution in [0.2, 0.25) is 0 Å². The standard InChI is InChI=1S/C24H28N8O/c1-14-17-12-31(19(14)11-25-17)16-4-5-20(26-10-16)29-23-27-9-15-8-18-22(33)28-13-24(6-2-3-7-24)32(18)21(15)30-23/h4-5,8-10,14,17,19,25H,2-3,6-7,11-13H2,1H3,(H,28,33)(H,26,27,29,30). The van der Waals surface area contributed by atoms with Crippen LogP contribution in [-0.2, 0) is 5.54 Å². The van der Waals surface area contributed by atoms with Gasteiger partial charge in [-0.25, -0.2) is 9.97 Å². The summed E-state index contributed by atoms with van der Waals surface area (Å²) in [5, 5.41) is 10.8. The highest BCUT2D eigenvalue weighted by molar-refractivity contribution is 5.99. The lowest BCUT2D eigenvalue weighted by Crippen LogP contribution is -2.50. The highest BCUT2D eigenvalue weighted by Crippen LogP contribution is 2.41. The summed E-state index contributed by atoms with van der Waals surface area (Å²) in [5.41, 5.74) is 2.60. The highest BCUT2D eigenvalue weighted by Gasteiger charge is 2.44. The zero-order valence-electron chi connectivity index (χ0n) is 18.7. The summed E-state index contributed by atoms with van der Waals surface area (Å²) >= 11 is 0. The number of aromatic nitrogens is 4. The molecule has 3 unspecified atom stereocenters. The summed E-state index contributed by atoms with van der Waals surface area (Å²) in [7, 11) is 0. The molecule has 2 saturated heterocycles. The maximum Gasteiger partial charge on any atom is 0.268 e. The van der Waals surface area contributed by atoms with E-state index in [1.165, 1.54) is 12.8 Å². The van der Waals surface area contributed by atoms with E-state index >= 15 is 0 Å². The third kappa shape index (κ3) is 2.81. The summed E-state index contributed by atoms with van der Waals surface area (Å²) in [6.07, 6.45) is 8.21. The van der Waals surface area contributed by atoms with Gasteiger partial charge in [-0.15, -0.1) is 0 Å². The Hall–Kier alpha value is -3.20. The van der Waals surface area contributed by atoms with E-state index in [1.807, 2.05) is 18.3 Å². The quantitative estimate of drug-likeness (QED) is 0.570. The Morgan fingerprint density at radius 2 is 2.06 bits per heavy atom. The molecule has 0 radical (unpaired) electrons. The van der Waals surface area contributed by atoms with Crippen molar-refractivity contribution in [3.05, 3.63) is 36.3 Å². The summed E-state index contributed by atoms with van der Waals surface area (Å²) in [6, 6.07) is 7.15. The van der Waals surface area contributed by atoms with Crippen molar-refractivity contribution in [3.63, 3.8) is 0 Å². The Balaban J connectivity index is 1.18. The van der Waals surface area contributed by atoms with Gasteiger partial charge in [0.25, 0.3) is 5.91 Å². The predicted octanol–water partition coefficient (Wildman–Crippen LogP) is 2.38. The molecule has 4 aliphatic rings. The van der Waals surface area contributed by atoms with Crippen LogP contribution in [0.4, 0.5) is 17.5 Å². The molecule has 0 aromatic carbocycles. The lowest BCUT2D eigenvalue weighted by Gasteiger charge is -2.37. The highest BCUT2D eigenvalue weighted by atomic mass is 16.2. The second kappa shape index (κ2) is 6.90. The fraction of sp³-hybridized carbons (Fsp3) is 0.500. The molecule has 3 aromatic rings. The summed E-state index contributed by atoms with van der Waals surface area (Å²) in [4.78, 5) is 29.0. The van der Waals surface area contributed by atoms with Gasteiger partial charge in [0.1, 0.15) is 17.2 Å². The van der Waals surface area contributed by atoms with Crippen molar-refractivity contribution in [1.29, 1.82) is 0 Å². The number of amides is 1. The maximum atomic E-state index is 12.6. The van der Waals surface area contributed by atoms with Gasteiger partial charge in [-0.05, 0) is 37.0 Å². The number of nitrogens with zero attached hydrogens (tertiary/aromatic N) is 5. The molecular weight excluding hydrogens is 416 g/mol. The topological polar surface area (TPSA) is 100 Å². The number of hydrogen-bond acceptors (Lipinski definition) is 7.